The molecule has 0 aliphatic carbocycles. The number of nitrogens with zero attached hydrogens (tertiary/aromatic N) is 4. The molecule has 0 unspecified atom stereocenters. The maximum absolute atomic E-state index is 2.81. The van der Waals surface area contributed by atoms with Crippen LogP contribution in [-0.2, 0) is 0 Å². The van der Waals surface area contributed by atoms with Crippen LogP contribution in [0.25, 0.3) is 0 Å². The third-order valence-corrected chi connectivity index (χ3v) is 10.2. The van der Waals surface area contributed by atoms with Gasteiger partial charge in [-0.25, -0.2) is 0 Å². The fraction of sp³-hybridized carbons (Fsp3) is 0.200. The Kier molecular flexibility index (Phi) is 6.41. The summed E-state index contributed by atoms with van der Waals surface area (Å²) in [5.74, 6) is 0. The van der Waals surface area contributed by atoms with Gasteiger partial charge in [0.15, 0.2) is 0 Å². The number of rotatable bonds is 4. The van der Waals surface area contributed by atoms with E-state index in [0.717, 1.165) is 26.2 Å². The molecule has 0 amide bonds. The van der Waals surface area contributed by atoms with Crippen LogP contribution in [0.5, 0.6) is 0 Å². The second-order valence-electron chi connectivity index (χ2n) is 6.56. The molecule has 4 aliphatic heterocycles. The second-order valence-corrected chi connectivity index (χ2v) is 10.6. The van der Waals surface area contributed by atoms with Crippen LogP contribution in [0.15, 0.2) is 97.7 Å². The Morgan fingerprint density at radius 2 is 0.692 bits per heavy atom. The van der Waals surface area contributed by atoms with Gasteiger partial charge in [0.2, 0.25) is 0 Å². The third kappa shape index (κ3) is 3.41. The van der Waals surface area contributed by atoms with E-state index in [1.165, 1.54) is 0 Å². The first-order chi connectivity index (χ1) is 12.4. The molecule has 0 atom stereocenters. The summed E-state index contributed by atoms with van der Waals surface area (Å²) in [6, 6.07) is 0. The van der Waals surface area contributed by atoms with E-state index in [9.17, 15) is 0 Å². The molecule has 4 rings (SSSR count). The molecule has 0 fully saturated rings. The van der Waals surface area contributed by atoms with E-state index < -0.39 is 14.0 Å². The molecule has 0 saturated carbocycles. The molecule has 0 aromatic carbocycles. The van der Waals surface area contributed by atoms with Crippen LogP contribution >= 0.6 is 0 Å². The quantitative estimate of drug-likeness (QED) is 0.658. The zero-order valence-corrected chi connectivity index (χ0v) is 16.6. The summed E-state index contributed by atoms with van der Waals surface area (Å²) in [7, 11) is 0. The van der Waals surface area contributed by atoms with E-state index in [1.54, 1.807) is 0 Å². The first kappa shape index (κ1) is 19.0. The van der Waals surface area contributed by atoms with Crippen molar-refractivity contribution in [3.8, 4) is 0 Å². The minimum atomic E-state index is -2.81. The van der Waals surface area contributed by atoms with Crippen LogP contribution in [0.1, 0.15) is 0 Å². The van der Waals surface area contributed by atoms with Crippen LogP contribution in [0, 0.1) is 0 Å². The Labute approximate surface area is 171 Å². The summed E-state index contributed by atoms with van der Waals surface area (Å²) in [4.78, 5) is 0. The van der Waals surface area contributed by atoms with Crippen molar-refractivity contribution in [1.82, 2.24) is 15.5 Å². The number of allylic oxidation sites excluding steroid dienone is 8. The zero-order valence-electron chi connectivity index (χ0n) is 15.4. The van der Waals surface area contributed by atoms with Gasteiger partial charge >= 0.3 is 32.8 Å². The van der Waals surface area contributed by atoms with Crippen molar-refractivity contribution in [2.24, 2.45) is 0 Å². The van der Waals surface area contributed by atoms with Gasteiger partial charge in [0.1, 0.15) is 0 Å². The Balaban J connectivity index is 0.00000196. The molecule has 4 heterocycles. The molecule has 6 heteroatoms. The minimum absolute atomic E-state index is 0. The average Bonchev–Trinajstić information content (AvgIpc) is 2.72. The van der Waals surface area contributed by atoms with Gasteiger partial charge in [0.05, 0.1) is 0 Å². The van der Waals surface area contributed by atoms with Crippen molar-refractivity contribution in [3.63, 3.8) is 0 Å². The molecule has 0 radical (unpaired) electrons. The molecule has 26 heavy (non-hydrogen) atoms. The van der Waals surface area contributed by atoms with Crippen molar-refractivity contribution >= 4 is 14.0 Å². The molecule has 4 nitrogen and oxygen atoms in total. The summed E-state index contributed by atoms with van der Waals surface area (Å²) in [5.41, 5.74) is 0. The summed E-state index contributed by atoms with van der Waals surface area (Å²) >= 11 is -2.81. The van der Waals surface area contributed by atoms with Crippen LogP contribution in [0.3, 0.4) is 0 Å². The number of hydrogen-bond acceptors (Lipinski definition) is 4. The van der Waals surface area contributed by atoms with Crippen molar-refractivity contribution < 1.29 is 18.9 Å². The third-order valence-electron chi connectivity index (χ3n) is 5.14. The molecule has 0 spiro atoms. The Hall–Kier alpha value is -1.75. The smallest absolute Gasteiger partial charge is 0.538 e. The van der Waals surface area contributed by atoms with Crippen LogP contribution in [0.4, 0.5) is 0 Å². The normalized spacial score (nSPS) is 20.9. The summed E-state index contributed by atoms with van der Waals surface area (Å²) in [6.07, 6.45) is 35.3. The predicted molar refractivity (Wildman–Crippen MR) is 106 cm³/mol. The van der Waals surface area contributed by atoms with Gasteiger partial charge in [-0.1, -0.05) is 72.9 Å². The van der Waals surface area contributed by atoms with Crippen LogP contribution in [0.2, 0.25) is 0 Å². The van der Waals surface area contributed by atoms with Gasteiger partial charge in [0.25, 0.3) is 0 Å². The molecule has 0 bridgehead atoms. The van der Waals surface area contributed by atoms with Gasteiger partial charge in [-0.05, 0) is 51.0 Å². The maximum Gasteiger partial charge on any atom is 1.00 e. The fourth-order valence-electron chi connectivity index (χ4n) is 4.10. The number of hydrogen-bond donors (Lipinski definition) is 0. The zero-order chi connectivity index (χ0) is 17.0. The SMILES string of the molecule is C1=CC[N]([Al-]([N]2C=CC=CC2)([N]2C=CC=CC2)[N]2C=CC=CC2)C=C1.[Li+]. The molecule has 0 aromatic heterocycles. The van der Waals surface area contributed by atoms with E-state index in [2.05, 4.69) is 113 Å². The van der Waals surface area contributed by atoms with Crippen molar-refractivity contribution in [1.29, 1.82) is 0 Å². The summed E-state index contributed by atoms with van der Waals surface area (Å²) in [6.45, 7) is 3.77. The van der Waals surface area contributed by atoms with Crippen LogP contribution in [-0.4, -0.2) is 55.7 Å². The Morgan fingerprint density at radius 1 is 0.423 bits per heavy atom. The summed E-state index contributed by atoms with van der Waals surface area (Å²) in [5, 5.41) is 0. The molecule has 128 valence electrons. The molecular weight excluding hydrogens is 330 g/mol. The molecular formula is C20H24AlLiN4. The van der Waals surface area contributed by atoms with E-state index in [4.69, 9.17) is 0 Å². The van der Waals surface area contributed by atoms with Crippen molar-refractivity contribution in [2.75, 3.05) is 26.2 Å². The molecule has 0 N–H and O–H groups in total. The van der Waals surface area contributed by atoms with Gasteiger partial charge in [-0.15, -0.1) is 0 Å². The van der Waals surface area contributed by atoms with Gasteiger partial charge < -0.3 is 15.5 Å². The van der Waals surface area contributed by atoms with Crippen molar-refractivity contribution in [2.45, 2.75) is 0 Å². The second kappa shape index (κ2) is 8.76. The topological polar surface area (TPSA) is 13.0 Å². The Bertz CT molecular complexity index is 607. The van der Waals surface area contributed by atoms with Gasteiger partial charge in [-0.2, -0.15) is 0 Å². The van der Waals surface area contributed by atoms with E-state index in [-0.39, 0.29) is 18.9 Å². The fourth-order valence-corrected chi connectivity index (χ4v) is 9.33. The minimum Gasteiger partial charge on any atom is -0.538 e. The first-order valence-electron chi connectivity index (χ1n) is 8.96. The maximum atomic E-state index is 2.57. The van der Waals surface area contributed by atoms with Gasteiger partial charge in [-0.3, -0.25) is 0 Å². The van der Waals surface area contributed by atoms with Crippen molar-refractivity contribution in [3.05, 3.63) is 97.7 Å². The molecule has 0 saturated heterocycles. The van der Waals surface area contributed by atoms with Gasteiger partial charge in [0, 0.05) is 0 Å². The molecule has 4 aliphatic rings. The van der Waals surface area contributed by atoms with E-state index in [0.29, 0.717) is 0 Å². The first-order valence-corrected chi connectivity index (χ1v) is 11.0. The average molecular weight is 354 g/mol. The summed E-state index contributed by atoms with van der Waals surface area (Å²) < 4.78 is 10.3. The standard InChI is InChI=1S/4C5H6N.Al.Li/c4*1-2-4-6-5-3-1;;/h4*1-4H,5H2;;/q4*-1;+3;+1. The Morgan fingerprint density at radius 3 is 0.885 bits per heavy atom. The predicted octanol–water partition coefficient (Wildman–Crippen LogP) is -0.0320. The largest absolute Gasteiger partial charge is 1.00 e. The monoisotopic (exact) mass is 354 g/mol. The van der Waals surface area contributed by atoms with E-state index in [1.807, 2.05) is 0 Å². The van der Waals surface area contributed by atoms with Crippen LogP contribution < -0.4 is 18.9 Å². The van der Waals surface area contributed by atoms with E-state index >= 15 is 0 Å². The molecule has 0 aromatic rings.